The van der Waals surface area contributed by atoms with Gasteiger partial charge in [-0.15, -0.1) is 0 Å². The second-order valence-corrected chi connectivity index (χ2v) is 5.72. The summed E-state index contributed by atoms with van der Waals surface area (Å²) in [6.07, 6.45) is 2.68. The summed E-state index contributed by atoms with van der Waals surface area (Å²) in [5.74, 6) is -0.851. The van der Waals surface area contributed by atoms with E-state index in [1.807, 2.05) is 23.1 Å². The summed E-state index contributed by atoms with van der Waals surface area (Å²) in [4.78, 5) is 25.9. The van der Waals surface area contributed by atoms with Crippen molar-refractivity contribution in [3.63, 3.8) is 0 Å². The fourth-order valence-corrected chi connectivity index (χ4v) is 2.79. The zero-order valence-electron chi connectivity index (χ0n) is 11.8. The maximum atomic E-state index is 11.3. The van der Waals surface area contributed by atoms with Gasteiger partial charge in [0.1, 0.15) is 0 Å². The van der Waals surface area contributed by atoms with Crippen LogP contribution < -0.4 is 4.90 Å². The van der Waals surface area contributed by atoms with Gasteiger partial charge in [0, 0.05) is 49.3 Å². The molecule has 1 amide bonds. The molecule has 0 spiro atoms. The lowest BCUT2D eigenvalue weighted by atomic mass is 10.1. The van der Waals surface area contributed by atoms with Gasteiger partial charge in [-0.2, -0.15) is 0 Å². The molecule has 1 saturated heterocycles. The predicted molar refractivity (Wildman–Crippen MR) is 85.3 cm³/mol. The Labute approximate surface area is 132 Å². The van der Waals surface area contributed by atoms with E-state index in [2.05, 4.69) is 20.8 Å². The van der Waals surface area contributed by atoms with Crippen molar-refractivity contribution < 1.29 is 14.7 Å². The molecule has 1 fully saturated rings. The zero-order valence-corrected chi connectivity index (χ0v) is 13.3. The van der Waals surface area contributed by atoms with Crippen LogP contribution in [0.25, 0.3) is 6.08 Å². The molecule has 112 valence electrons. The van der Waals surface area contributed by atoms with E-state index in [-0.39, 0.29) is 5.91 Å². The molecule has 0 radical (unpaired) electrons. The molecule has 1 aliphatic heterocycles. The van der Waals surface area contributed by atoms with Crippen LogP contribution in [-0.4, -0.2) is 48.1 Å². The van der Waals surface area contributed by atoms with Crippen molar-refractivity contribution in [2.75, 3.05) is 31.1 Å². The van der Waals surface area contributed by atoms with Crippen LogP contribution in [0.3, 0.4) is 0 Å². The number of nitrogens with zero attached hydrogens (tertiary/aromatic N) is 2. The maximum Gasteiger partial charge on any atom is 0.328 e. The Bertz CT molecular complexity index is 578. The van der Waals surface area contributed by atoms with E-state index in [9.17, 15) is 9.59 Å². The molecular weight excluding hydrogens is 336 g/mol. The molecule has 0 atom stereocenters. The molecule has 2 rings (SSSR count). The highest BCUT2D eigenvalue weighted by atomic mass is 79.9. The number of piperazine rings is 1. The largest absolute Gasteiger partial charge is 0.478 e. The van der Waals surface area contributed by atoms with Crippen LogP contribution in [0.2, 0.25) is 0 Å². The van der Waals surface area contributed by atoms with Crippen LogP contribution in [0.4, 0.5) is 5.69 Å². The highest BCUT2D eigenvalue weighted by molar-refractivity contribution is 9.10. The SMILES string of the molecule is CC(=O)N1CCN(c2ccc(/C=C/C(=O)O)c(Br)c2)CC1. The molecular formula is C15H17BrN2O3. The molecule has 5 nitrogen and oxygen atoms in total. The summed E-state index contributed by atoms with van der Waals surface area (Å²) < 4.78 is 0.853. The number of amides is 1. The van der Waals surface area contributed by atoms with Gasteiger partial charge in [0.2, 0.25) is 5.91 Å². The average molecular weight is 353 g/mol. The summed E-state index contributed by atoms with van der Waals surface area (Å²) in [5.41, 5.74) is 1.89. The summed E-state index contributed by atoms with van der Waals surface area (Å²) in [6.45, 7) is 4.66. The molecule has 0 bridgehead atoms. The average Bonchev–Trinajstić information content (AvgIpc) is 2.46. The number of benzene rings is 1. The summed E-state index contributed by atoms with van der Waals surface area (Å²) >= 11 is 3.46. The summed E-state index contributed by atoms with van der Waals surface area (Å²) in [7, 11) is 0. The minimum atomic E-state index is -0.966. The van der Waals surface area contributed by atoms with Gasteiger partial charge in [0.25, 0.3) is 0 Å². The first-order valence-electron chi connectivity index (χ1n) is 6.68. The van der Waals surface area contributed by atoms with Crippen molar-refractivity contribution in [2.45, 2.75) is 6.92 Å². The molecule has 0 aromatic heterocycles. The number of carboxylic acids is 1. The number of carbonyl (C=O) groups excluding carboxylic acids is 1. The topological polar surface area (TPSA) is 60.9 Å². The number of carboxylic acid groups (broad SMARTS) is 1. The summed E-state index contributed by atoms with van der Waals surface area (Å²) in [5, 5.41) is 8.65. The van der Waals surface area contributed by atoms with Crippen LogP contribution in [-0.2, 0) is 9.59 Å². The van der Waals surface area contributed by atoms with Gasteiger partial charge in [0.05, 0.1) is 0 Å². The molecule has 0 aliphatic carbocycles. The van der Waals surface area contributed by atoms with Gasteiger partial charge >= 0.3 is 5.97 Å². The van der Waals surface area contributed by atoms with E-state index in [0.717, 1.165) is 48.0 Å². The number of hydrogen-bond acceptors (Lipinski definition) is 3. The van der Waals surface area contributed by atoms with Crippen LogP contribution >= 0.6 is 15.9 Å². The van der Waals surface area contributed by atoms with E-state index in [1.54, 1.807) is 13.0 Å². The maximum absolute atomic E-state index is 11.3. The third kappa shape index (κ3) is 4.07. The van der Waals surface area contributed by atoms with Crippen molar-refractivity contribution in [1.29, 1.82) is 0 Å². The van der Waals surface area contributed by atoms with Gasteiger partial charge in [-0.05, 0) is 23.8 Å². The van der Waals surface area contributed by atoms with E-state index in [4.69, 9.17) is 5.11 Å². The Morgan fingerprint density at radius 1 is 1.24 bits per heavy atom. The molecule has 21 heavy (non-hydrogen) atoms. The number of carbonyl (C=O) groups is 2. The number of rotatable bonds is 3. The molecule has 1 heterocycles. The second-order valence-electron chi connectivity index (χ2n) is 4.87. The van der Waals surface area contributed by atoms with E-state index >= 15 is 0 Å². The minimum Gasteiger partial charge on any atom is -0.478 e. The Balaban J connectivity index is 2.07. The molecule has 0 unspecified atom stereocenters. The second kappa shape index (κ2) is 6.76. The molecule has 1 aromatic carbocycles. The fourth-order valence-electron chi connectivity index (χ4n) is 2.29. The van der Waals surface area contributed by atoms with Gasteiger partial charge in [-0.25, -0.2) is 4.79 Å². The van der Waals surface area contributed by atoms with Crippen molar-refractivity contribution >= 4 is 39.6 Å². The smallest absolute Gasteiger partial charge is 0.328 e. The lowest BCUT2D eigenvalue weighted by Gasteiger charge is -2.35. The van der Waals surface area contributed by atoms with Crippen LogP contribution in [0.5, 0.6) is 0 Å². The van der Waals surface area contributed by atoms with E-state index < -0.39 is 5.97 Å². The van der Waals surface area contributed by atoms with Crippen LogP contribution in [0, 0.1) is 0 Å². The first-order valence-corrected chi connectivity index (χ1v) is 7.47. The Morgan fingerprint density at radius 2 is 1.90 bits per heavy atom. The van der Waals surface area contributed by atoms with Crippen molar-refractivity contribution in [3.8, 4) is 0 Å². The van der Waals surface area contributed by atoms with E-state index in [1.165, 1.54) is 0 Å². The number of anilines is 1. The third-order valence-corrected chi connectivity index (χ3v) is 4.17. The molecule has 6 heteroatoms. The Morgan fingerprint density at radius 3 is 2.43 bits per heavy atom. The lowest BCUT2D eigenvalue weighted by molar-refractivity contribution is -0.131. The highest BCUT2D eigenvalue weighted by Crippen LogP contribution is 2.26. The van der Waals surface area contributed by atoms with Crippen molar-refractivity contribution in [1.82, 2.24) is 4.90 Å². The van der Waals surface area contributed by atoms with Gasteiger partial charge < -0.3 is 14.9 Å². The number of hydrogen-bond donors (Lipinski definition) is 1. The minimum absolute atomic E-state index is 0.116. The van der Waals surface area contributed by atoms with Crippen molar-refractivity contribution in [2.24, 2.45) is 0 Å². The first kappa shape index (κ1) is 15.6. The standard InChI is InChI=1S/C15H17BrN2O3/c1-11(19)17-6-8-18(9-7-17)13-4-2-12(14(16)10-13)3-5-15(20)21/h2-5,10H,6-9H2,1H3,(H,20,21)/b5-3+. The monoisotopic (exact) mass is 352 g/mol. The normalized spacial score (nSPS) is 15.5. The van der Waals surface area contributed by atoms with Gasteiger partial charge in [0.15, 0.2) is 0 Å². The van der Waals surface area contributed by atoms with Crippen molar-refractivity contribution in [3.05, 3.63) is 34.3 Å². The lowest BCUT2D eigenvalue weighted by Crippen LogP contribution is -2.48. The molecule has 1 N–H and O–H groups in total. The first-order chi connectivity index (χ1) is 9.97. The Kier molecular flexibility index (Phi) is 5.01. The fraction of sp³-hybridized carbons (Fsp3) is 0.333. The van der Waals surface area contributed by atoms with Gasteiger partial charge in [-0.1, -0.05) is 22.0 Å². The third-order valence-electron chi connectivity index (χ3n) is 3.48. The highest BCUT2D eigenvalue weighted by Gasteiger charge is 2.19. The van der Waals surface area contributed by atoms with Gasteiger partial charge in [-0.3, -0.25) is 4.79 Å². The predicted octanol–water partition coefficient (Wildman–Crippen LogP) is 2.22. The molecule has 1 aromatic rings. The number of halogens is 1. The molecule has 0 saturated carbocycles. The van der Waals surface area contributed by atoms with Crippen LogP contribution in [0.1, 0.15) is 12.5 Å². The quantitative estimate of drug-likeness (QED) is 0.847. The molecule has 1 aliphatic rings. The van der Waals surface area contributed by atoms with Crippen LogP contribution in [0.15, 0.2) is 28.7 Å². The van der Waals surface area contributed by atoms with E-state index in [0.29, 0.717) is 0 Å². The zero-order chi connectivity index (χ0) is 15.4. The summed E-state index contributed by atoms with van der Waals surface area (Å²) in [6, 6.07) is 5.83. The number of aliphatic carboxylic acids is 1. The Hall–Kier alpha value is -1.82.